The number of guanidine groups is 1. The van der Waals surface area contributed by atoms with E-state index in [9.17, 15) is 0 Å². The van der Waals surface area contributed by atoms with Crippen molar-refractivity contribution in [2.75, 3.05) is 13.1 Å². The monoisotopic (exact) mass is 395 g/mol. The highest BCUT2D eigenvalue weighted by atomic mass is 32.1. The van der Waals surface area contributed by atoms with Crippen molar-refractivity contribution in [2.24, 2.45) is 10.9 Å². The number of hydrogen-bond donors (Lipinski definition) is 2. The molecule has 6 heteroatoms. The van der Waals surface area contributed by atoms with Gasteiger partial charge >= 0.3 is 0 Å². The molecule has 0 radical (unpaired) electrons. The summed E-state index contributed by atoms with van der Waals surface area (Å²) in [5.41, 5.74) is 2.47. The van der Waals surface area contributed by atoms with Crippen LogP contribution in [0.15, 0.2) is 65.5 Å². The molecule has 28 heavy (non-hydrogen) atoms. The SMILES string of the molecule is CCNC(=NCc1ccc(Cn2ccnc2)cc1)NCC(C)Cc1cccs1. The molecule has 1 unspecified atom stereocenters. The third-order valence-corrected chi connectivity index (χ3v) is 5.36. The lowest BCUT2D eigenvalue weighted by atomic mass is 10.1. The van der Waals surface area contributed by atoms with Gasteiger partial charge in [-0.1, -0.05) is 37.3 Å². The summed E-state index contributed by atoms with van der Waals surface area (Å²) in [4.78, 5) is 10.3. The van der Waals surface area contributed by atoms with Gasteiger partial charge in [0.2, 0.25) is 0 Å². The molecule has 2 heterocycles. The third kappa shape index (κ3) is 6.53. The van der Waals surface area contributed by atoms with Crippen molar-refractivity contribution in [3.63, 3.8) is 0 Å². The Morgan fingerprint density at radius 2 is 2.00 bits per heavy atom. The molecular formula is C22H29N5S. The Hall–Kier alpha value is -2.60. The van der Waals surface area contributed by atoms with E-state index in [4.69, 9.17) is 4.99 Å². The van der Waals surface area contributed by atoms with Gasteiger partial charge in [0.1, 0.15) is 0 Å². The number of nitrogens with zero attached hydrogens (tertiary/aromatic N) is 3. The molecule has 0 aliphatic carbocycles. The quantitative estimate of drug-likeness (QED) is 0.426. The summed E-state index contributed by atoms with van der Waals surface area (Å²) in [5, 5.41) is 8.96. The van der Waals surface area contributed by atoms with Crippen LogP contribution in [0.5, 0.6) is 0 Å². The summed E-state index contributed by atoms with van der Waals surface area (Å²) >= 11 is 1.83. The number of imidazole rings is 1. The zero-order chi connectivity index (χ0) is 19.6. The maximum absolute atomic E-state index is 4.74. The van der Waals surface area contributed by atoms with Gasteiger partial charge in [-0.15, -0.1) is 11.3 Å². The highest BCUT2D eigenvalue weighted by Crippen LogP contribution is 2.13. The Kier molecular flexibility index (Phi) is 7.67. The molecule has 0 aliphatic heterocycles. The number of rotatable bonds is 9. The third-order valence-electron chi connectivity index (χ3n) is 4.46. The van der Waals surface area contributed by atoms with E-state index < -0.39 is 0 Å². The summed E-state index contributed by atoms with van der Waals surface area (Å²) < 4.78 is 2.07. The second kappa shape index (κ2) is 10.7. The Morgan fingerprint density at radius 1 is 1.18 bits per heavy atom. The van der Waals surface area contributed by atoms with Crippen LogP contribution in [0.1, 0.15) is 29.9 Å². The standard InChI is InChI=1S/C22H29N5S/c1-3-24-22(25-14-18(2)13-21-5-4-12-28-21)26-15-19-6-8-20(9-7-19)16-27-11-10-23-17-27/h4-12,17-18H,3,13-16H2,1-2H3,(H2,24,25,26). The van der Waals surface area contributed by atoms with Crippen molar-refractivity contribution in [3.05, 3.63) is 76.5 Å². The number of thiophene rings is 1. The number of aromatic nitrogens is 2. The summed E-state index contributed by atoms with van der Waals surface area (Å²) in [6.45, 7) is 7.64. The van der Waals surface area contributed by atoms with Crippen molar-refractivity contribution >= 4 is 17.3 Å². The summed E-state index contributed by atoms with van der Waals surface area (Å²) in [6, 6.07) is 12.9. The van der Waals surface area contributed by atoms with E-state index in [0.29, 0.717) is 12.5 Å². The predicted molar refractivity (Wildman–Crippen MR) is 118 cm³/mol. The predicted octanol–water partition coefficient (Wildman–Crippen LogP) is 3.93. The molecule has 0 bridgehead atoms. The first-order valence-corrected chi connectivity index (χ1v) is 10.7. The van der Waals surface area contributed by atoms with Crippen LogP contribution in [0.2, 0.25) is 0 Å². The molecule has 3 aromatic rings. The smallest absolute Gasteiger partial charge is 0.191 e. The molecule has 0 aliphatic rings. The highest BCUT2D eigenvalue weighted by Gasteiger charge is 2.06. The Labute approximate surface area is 171 Å². The van der Waals surface area contributed by atoms with Gasteiger partial charge in [0.05, 0.1) is 12.9 Å². The van der Waals surface area contributed by atoms with Crippen molar-refractivity contribution in [1.29, 1.82) is 0 Å². The van der Waals surface area contributed by atoms with Gasteiger partial charge < -0.3 is 15.2 Å². The minimum atomic E-state index is 0.560. The minimum absolute atomic E-state index is 0.560. The van der Waals surface area contributed by atoms with Crippen LogP contribution in [-0.4, -0.2) is 28.6 Å². The molecule has 148 valence electrons. The molecule has 0 fully saturated rings. The fourth-order valence-electron chi connectivity index (χ4n) is 2.97. The second-order valence-electron chi connectivity index (χ2n) is 7.02. The van der Waals surface area contributed by atoms with Crippen molar-refractivity contribution in [2.45, 2.75) is 33.4 Å². The molecular weight excluding hydrogens is 366 g/mol. The van der Waals surface area contributed by atoms with Crippen molar-refractivity contribution in [3.8, 4) is 0 Å². The molecule has 2 aromatic heterocycles. The maximum Gasteiger partial charge on any atom is 0.191 e. The van der Waals surface area contributed by atoms with Gasteiger partial charge in [-0.3, -0.25) is 0 Å². The Morgan fingerprint density at radius 3 is 2.68 bits per heavy atom. The minimum Gasteiger partial charge on any atom is -0.357 e. The van der Waals surface area contributed by atoms with E-state index in [-0.39, 0.29) is 0 Å². The number of nitrogens with one attached hydrogen (secondary N) is 2. The Bertz CT molecular complexity index is 822. The fraction of sp³-hybridized carbons (Fsp3) is 0.364. The zero-order valence-electron chi connectivity index (χ0n) is 16.6. The lowest BCUT2D eigenvalue weighted by Gasteiger charge is -2.15. The molecule has 0 saturated heterocycles. The van der Waals surface area contributed by atoms with Crippen LogP contribution in [0.25, 0.3) is 0 Å². The summed E-state index contributed by atoms with van der Waals surface area (Å²) in [6.07, 6.45) is 6.72. The zero-order valence-corrected chi connectivity index (χ0v) is 17.5. The van der Waals surface area contributed by atoms with Crippen LogP contribution in [-0.2, 0) is 19.5 Å². The molecule has 2 N–H and O–H groups in total. The largest absolute Gasteiger partial charge is 0.357 e. The summed E-state index contributed by atoms with van der Waals surface area (Å²) in [7, 11) is 0. The fourth-order valence-corrected chi connectivity index (χ4v) is 3.84. The molecule has 3 rings (SSSR count). The first kappa shape index (κ1) is 20.1. The lowest BCUT2D eigenvalue weighted by Crippen LogP contribution is -2.39. The normalized spacial score (nSPS) is 12.7. The van der Waals surface area contributed by atoms with Crippen LogP contribution in [0, 0.1) is 5.92 Å². The van der Waals surface area contributed by atoms with Crippen LogP contribution in [0.4, 0.5) is 0 Å². The van der Waals surface area contributed by atoms with Crippen LogP contribution in [0.3, 0.4) is 0 Å². The average Bonchev–Trinajstić information content (AvgIpc) is 3.39. The van der Waals surface area contributed by atoms with Gasteiger partial charge in [-0.05, 0) is 41.8 Å². The van der Waals surface area contributed by atoms with E-state index in [1.54, 1.807) is 6.20 Å². The number of aliphatic imine (C=N–C) groups is 1. The number of benzene rings is 1. The first-order chi connectivity index (χ1) is 13.7. The molecule has 0 spiro atoms. The molecule has 1 aromatic carbocycles. The lowest BCUT2D eigenvalue weighted by molar-refractivity contribution is 0.562. The van der Waals surface area contributed by atoms with E-state index in [2.05, 4.69) is 75.8 Å². The van der Waals surface area contributed by atoms with Gasteiger partial charge in [-0.25, -0.2) is 9.98 Å². The van der Waals surface area contributed by atoms with Crippen molar-refractivity contribution < 1.29 is 0 Å². The van der Waals surface area contributed by atoms with Gasteiger partial charge in [0, 0.05) is 36.9 Å². The van der Waals surface area contributed by atoms with Crippen LogP contribution < -0.4 is 10.6 Å². The van der Waals surface area contributed by atoms with E-state index in [1.807, 2.05) is 23.9 Å². The highest BCUT2D eigenvalue weighted by molar-refractivity contribution is 7.09. The van der Waals surface area contributed by atoms with Gasteiger partial charge in [0.25, 0.3) is 0 Å². The second-order valence-corrected chi connectivity index (χ2v) is 8.05. The molecule has 0 amide bonds. The summed E-state index contributed by atoms with van der Waals surface area (Å²) in [5.74, 6) is 1.44. The van der Waals surface area contributed by atoms with Gasteiger partial charge in [-0.2, -0.15) is 0 Å². The molecule has 1 atom stereocenters. The maximum atomic E-state index is 4.74. The van der Waals surface area contributed by atoms with Crippen LogP contribution >= 0.6 is 11.3 Å². The van der Waals surface area contributed by atoms with Crippen molar-refractivity contribution in [1.82, 2.24) is 20.2 Å². The average molecular weight is 396 g/mol. The van der Waals surface area contributed by atoms with E-state index in [0.717, 1.165) is 32.0 Å². The van der Waals surface area contributed by atoms with E-state index in [1.165, 1.54) is 16.0 Å². The molecule has 5 nitrogen and oxygen atoms in total. The first-order valence-electron chi connectivity index (χ1n) is 9.81. The number of hydrogen-bond acceptors (Lipinski definition) is 3. The van der Waals surface area contributed by atoms with Gasteiger partial charge in [0.15, 0.2) is 5.96 Å². The van der Waals surface area contributed by atoms with E-state index >= 15 is 0 Å². The molecule has 0 saturated carbocycles. The topological polar surface area (TPSA) is 54.2 Å². The Balaban J connectivity index is 1.50.